The van der Waals surface area contributed by atoms with Crippen LogP contribution >= 0.6 is 11.8 Å². The molecule has 0 saturated heterocycles. The molecule has 0 aromatic carbocycles. The van der Waals surface area contributed by atoms with Crippen molar-refractivity contribution in [3.63, 3.8) is 0 Å². The summed E-state index contributed by atoms with van der Waals surface area (Å²) in [5, 5.41) is 0. The Morgan fingerprint density at radius 3 is 2.00 bits per heavy atom. The number of hydrogen-bond donors (Lipinski definition) is 0. The topological polar surface area (TPSA) is 44.8 Å². The van der Waals surface area contributed by atoms with Crippen LogP contribution in [0.15, 0.2) is 0 Å². The highest BCUT2D eigenvalue weighted by atomic mass is 32.2. The fraction of sp³-hybridized carbons (Fsp3) is 0.941. The van der Waals surface area contributed by atoms with Crippen molar-refractivity contribution in [2.75, 3.05) is 31.3 Å². The SMILES string of the molecule is CCCCCCC(=O)CSCCC[Si](OCC)(OCC)OCC. The quantitative estimate of drug-likeness (QED) is 0.276. The van der Waals surface area contributed by atoms with Gasteiger partial charge < -0.3 is 13.3 Å². The summed E-state index contributed by atoms with van der Waals surface area (Å²) in [4.78, 5) is 11.8. The molecule has 0 rings (SSSR count). The Bertz CT molecular complexity index is 273. The highest BCUT2D eigenvalue weighted by Crippen LogP contribution is 2.20. The van der Waals surface area contributed by atoms with Crippen LogP contribution in [0.1, 0.15) is 66.2 Å². The Labute approximate surface area is 148 Å². The molecule has 0 radical (unpaired) electrons. The lowest BCUT2D eigenvalue weighted by molar-refractivity contribution is -0.116. The Balaban J connectivity index is 3.90. The van der Waals surface area contributed by atoms with E-state index in [9.17, 15) is 4.79 Å². The van der Waals surface area contributed by atoms with Crippen LogP contribution < -0.4 is 0 Å². The third kappa shape index (κ3) is 12.2. The molecule has 0 saturated carbocycles. The molecule has 0 unspecified atom stereocenters. The van der Waals surface area contributed by atoms with E-state index in [1.165, 1.54) is 19.3 Å². The summed E-state index contributed by atoms with van der Waals surface area (Å²) in [5.74, 6) is 1.98. The van der Waals surface area contributed by atoms with Crippen LogP contribution in [0.2, 0.25) is 6.04 Å². The third-order valence-electron chi connectivity index (χ3n) is 3.44. The van der Waals surface area contributed by atoms with E-state index >= 15 is 0 Å². The zero-order chi connectivity index (χ0) is 17.4. The largest absolute Gasteiger partial charge is 0.500 e. The first-order valence-corrected chi connectivity index (χ1v) is 12.2. The maximum atomic E-state index is 11.8. The van der Waals surface area contributed by atoms with Crippen molar-refractivity contribution >= 4 is 26.3 Å². The van der Waals surface area contributed by atoms with Crippen molar-refractivity contribution in [1.29, 1.82) is 0 Å². The minimum Gasteiger partial charge on any atom is -0.374 e. The molecular weight excluding hydrogens is 328 g/mol. The fourth-order valence-corrected chi connectivity index (χ4v) is 6.13. The lowest BCUT2D eigenvalue weighted by atomic mass is 10.1. The number of carbonyl (C=O) groups excluding carboxylic acids is 1. The lowest BCUT2D eigenvalue weighted by Crippen LogP contribution is -2.46. The Morgan fingerprint density at radius 2 is 1.48 bits per heavy atom. The molecule has 0 aliphatic heterocycles. The lowest BCUT2D eigenvalue weighted by Gasteiger charge is -2.28. The van der Waals surface area contributed by atoms with Gasteiger partial charge in [0.25, 0.3) is 0 Å². The van der Waals surface area contributed by atoms with Crippen molar-refractivity contribution < 1.29 is 18.1 Å². The first kappa shape index (κ1) is 23.1. The predicted molar refractivity (Wildman–Crippen MR) is 101 cm³/mol. The first-order chi connectivity index (χ1) is 11.1. The monoisotopic (exact) mass is 364 g/mol. The normalized spacial score (nSPS) is 11.8. The van der Waals surface area contributed by atoms with Gasteiger partial charge in [-0.3, -0.25) is 4.79 Å². The van der Waals surface area contributed by atoms with Crippen LogP contribution in [0.4, 0.5) is 0 Å². The van der Waals surface area contributed by atoms with Crippen molar-refractivity contribution in [3.05, 3.63) is 0 Å². The molecule has 0 heterocycles. The van der Waals surface area contributed by atoms with E-state index < -0.39 is 8.80 Å². The molecule has 0 aromatic rings. The minimum absolute atomic E-state index is 0.383. The summed E-state index contributed by atoms with van der Waals surface area (Å²) in [6, 6.07) is 0.834. The number of ketones is 1. The van der Waals surface area contributed by atoms with Crippen molar-refractivity contribution in [2.45, 2.75) is 72.3 Å². The maximum absolute atomic E-state index is 11.8. The Hall–Kier alpha value is 0.117. The Kier molecular flexibility index (Phi) is 15.7. The molecule has 0 atom stereocenters. The van der Waals surface area contributed by atoms with Crippen molar-refractivity contribution in [2.24, 2.45) is 0 Å². The number of thioether (sulfide) groups is 1. The first-order valence-electron chi connectivity index (χ1n) is 9.15. The van der Waals surface area contributed by atoms with Crippen molar-refractivity contribution in [3.8, 4) is 0 Å². The van der Waals surface area contributed by atoms with Gasteiger partial charge in [-0.2, -0.15) is 11.8 Å². The zero-order valence-corrected chi connectivity index (χ0v) is 17.3. The van der Waals surface area contributed by atoms with Gasteiger partial charge in [-0.15, -0.1) is 0 Å². The number of Topliss-reactive ketones (excluding diaryl/α,β-unsaturated/α-hetero) is 1. The maximum Gasteiger partial charge on any atom is 0.500 e. The molecule has 6 heteroatoms. The van der Waals surface area contributed by atoms with Crippen LogP contribution in [0.25, 0.3) is 0 Å². The molecule has 0 amide bonds. The van der Waals surface area contributed by atoms with E-state index in [2.05, 4.69) is 6.92 Å². The van der Waals surface area contributed by atoms with Crippen LogP contribution in [-0.4, -0.2) is 45.9 Å². The average molecular weight is 365 g/mol. The zero-order valence-electron chi connectivity index (χ0n) is 15.5. The standard InChI is InChI=1S/C17H36O4SSi/c1-5-9-10-11-13-17(18)16-22-14-12-15-23(19-6-2,20-7-3)21-8-4/h5-16H2,1-4H3. The van der Waals surface area contributed by atoms with Crippen molar-refractivity contribution in [1.82, 2.24) is 0 Å². The van der Waals surface area contributed by atoms with E-state index in [1.807, 2.05) is 20.8 Å². The molecule has 0 aliphatic rings. The minimum atomic E-state index is -2.50. The second-order valence-electron chi connectivity index (χ2n) is 5.49. The molecule has 0 bridgehead atoms. The highest BCUT2D eigenvalue weighted by Gasteiger charge is 2.39. The molecule has 0 aromatic heterocycles. The average Bonchev–Trinajstić information content (AvgIpc) is 2.52. The van der Waals surface area contributed by atoms with Gasteiger partial charge in [0.05, 0.1) is 5.75 Å². The van der Waals surface area contributed by atoms with Crippen LogP contribution in [0.5, 0.6) is 0 Å². The molecule has 0 N–H and O–H groups in total. The molecule has 0 aliphatic carbocycles. The number of hydrogen-bond acceptors (Lipinski definition) is 5. The summed E-state index contributed by atoms with van der Waals surface area (Å²) in [6.45, 7) is 9.98. The second-order valence-corrected chi connectivity index (χ2v) is 9.32. The van der Waals surface area contributed by atoms with E-state index in [0.717, 1.165) is 31.1 Å². The van der Waals surface area contributed by atoms with Gasteiger partial charge in [0.15, 0.2) is 0 Å². The van der Waals surface area contributed by atoms with Crippen LogP contribution in [0, 0.1) is 0 Å². The summed E-state index contributed by atoms with van der Waals surface area (Å²) in [6.07, 6.45) is 6.39. The molecule has 0 fully saturated rings. The molecule has 138 valence electrons. The third-order valence-corrected chi connectivity index (χ3v) is 7.69. The Morgan fingerprint density at radius 1 is 0.870 bits per heavy atom. The summed E-state index contributed by atoms with van der Waals surface area (Å²) in [5.41, 5.74) is 0. The van der Waals surface area contributed by atoms with Crippen LogP contribution in [0.3, 0.4) is 0 Å². The summed E-state index contributed by atoms with van der Waals surface area (Å²) >= 11 is 1.73. The smallest absolute Gasteiger partial charge is 0.374 e. The molecule has 23 heavy (non-hydrogen) atoms. The fourth-order valence-electron chi connectivity index (χ4n) is 2.40. The molecule has 0 spiro atoms. The molecule has 4 nitrogen and oxygen atoms in total. The second kappa shape index (κ2) is 15.6. The van der Waals surface area contributed by atoms with Crippen LogP contribution in [-0.2, 0) is 18.1 Å². The number of unbranched alkanes of at least 4 members (excludes halogenated alkanes) is 3. The van der Waals surface area contributed by atoms with E-state index in [-0.39, 0.29) is 0 Å². The van der Waals surface area contributed by atoms with Gasteiger partial charge in [0, 0.05) is 32.3 Å². The van der Waals surface area contributed by atoms with E-state index in [0.29, 0.717) is 31.4 Å². The predicted octanol–water partition coefficient (Wildman–Crippen LogP) is 4.70. The van der Waals surface area contributed by atoms with Gasteiger partial charge in [-0.25, -0.2) is 0 Å². The number of rotatable bonds is 17. The van der Waals surface area contributed by atoms with Gasteiger partial charge in [-0.05, 0) is 39.4 Å². The van der Waals surface area contributed by atoms with Gasteiger partial charge >= 0.3 is 8.80 Å². The van der Waals surface area contributed by atoms with E-state index in [1.54, 1.807) is 11.8 Å². The summed E-state index contributed by atoms with van der Waals surface area (Å²) < 4.78 is 17.5. The summed E-state index contributed by atoms with van der Waals surface area (Å²) in [7, 11) is -2.50. The van der Waals surface area contributed by atoms with Gasteiger partial charge in [0.1, 0.15) is 5.78 Å². The number of carbonyl (C=O) groups is 1. The van der Waals surface area contributed by atoms with E-state index in [4.69, 9.17) is 13.3 Å². The highest BCUT2D eigenvalue weighted by molar-refractivity contribution is 7.99. The molecular formula is C17H36O4SSi. The van der Waals surface area contributed by atoms with Gasteiger partial charge in [0.2, 0.25) is 0 Å². The van der Waals surface area contributed by atoms with Gasteiger partial charge in [-0.1, -0.05) is 26.2 Å².